The first kappa shape index (κ1) is 13.4. The molecular formula is C15H12N2O3. The number of anilines is 1. The first-order valence-corrected chi connectivity index (χ1v) is 5.83. The molecular weight excluding hydrogens is 256 g/mol. The Labute approximate surface area is 115 Å². The van der Waals surface area contributed by atoms with Crippen LogP contribution in [-0.2, 0) is 0 Å². The minimum Gasteiger partial charge on any atom is -0.508 e. The number of hydrogen-bond donors (Lipinski definition) is 2. The van der Waals surface area contributed by atoms with Crippen LogP contribution in [0.25, 0.3) is 0 Å². The van der Waals surface area contributed by atoms with Gasteiger partial charge in [0.05, 0.1) is 17.2 Å². The van der Waals surface area contributed by atoms with Gasteiger partial charge >= 0.3 is 0 Å². The zero-order valence-electron chi connectivity index (χ0n) is 10.7. The second-order valence-electron chi connectivity index (χ2n) is 4.22. The third-order valence-electron chi connectivity index (χ3n) is 2.90. The first-order valence-electron chi connectivity index (χ1n) is 5.83. The van der Waals surface area contributed by atoms with E-state index in [4.69, 9.17) is 5.26 Å². The molecule has 0 radical (unpaired) electrons. The molecule has 2 rings (SSSR count). The molecule has 5 heteroatoms. The molecule has 2 aromatic rings. The number of phenols is 2. The molecule has 0 aliphatic carbocycles. The Morgan fingerprint density at radius 1 is 1.15 bits per heavy atom. The number of carbonyl (C=O) groups excluding carboxylic acids is 1. The predicted molar refractivity (Wildman–Crippen MR) is 73.7 cm³/mol. The summed E-state index contributed by atoms with van der Waals surface area (Å²) >= 11 is 0. The normalized spacial score (nSPS) is 9.80. The Balaban J connectivity index is 2.32. The fraction of sp³-hybridized carbons (Fsp3) is 0.0667. The van der Waals surface area contributed by atoms with Gasteiger partial charge in [-0.05, 0) is 42.5 Å². The molecule has 0 saturated heterocycles. The van der Waals surface area contributed by atoms with Crippen LogP contribution in [0.3, 0.4) is 0 Å². The van der Waals surface area contributed by atoms with E-state index < -0.39 is 5.91 Å². The molecule has 0 spiro atoms. The van der Waals surface area contributed by atoms with E-state index in [9.17, 15) is 15.0 Å². The summed E-state index contributed by atoms with van der Waals surface area (Å²) in [5.41, 5.74) is 1.09. The fourth-order valence-electron chi connectivity index (χ4n) is 1.75. The van der Waals surface area contributed by atoms with Crippen molar-refractivity contribution >= 4 is 11.6 Å². The third-order valence-corrected chi connectivity index (χ3v) is 2.90. The topological polar surface area (TPSA) is 84.6 Å². The Bertz CT molecular complexity index is 687. The van der Waals surface area contributed by atoms with Gasteiger partial charge in [0, 0.05) is 12.7 Å². The highest BCUT2D eigenvalue weighted by atomic mass is 16.3. The smallest absolute Gasteiger partial charge is 0.261 e. The van der Waals surface area contributed by atoms with Crippen molar-refractivity contribution in [1.29, 1.82) is 5.26 Å². The molecule has 0 atom stereocenters. The van der Waals surface area contributed by atoms with Crippen molar-refractivity contribution in [2.45, 2.75) is 0 Å². The van der Waals surface area contributed by atoms with E-state index in [1.54, 1.807) is 31.3 Å². The lowest BCUT2D eigenvalue weighted by Gasteiger charge is -2.18. The highest BCUT2D eigenvalue weighted by molar-refractivity contribution is 6.07. The summed E-state index contributed by atoms with van der Waals surface area (Å²) in [6, 6.07) is 12.2. The molecule has 20 heavy (non-hydrogen) atoms. The van der Waals surface area contributed by atoms with Crippen LogP contribution in [0.1, 0.15) is 15.9 Å². The maximum atomic E-state index is 12.3. The summed E-state index contributed by atoms with van der Waals surface area (Å²) in [5, 5.41) is 27.8. The van der Waals surface area contributed by atoms with E-state index >= 15 is 0 Å². The minimum atomic E-state index is -0.455. The van der Waals surface area contributed by atoms with Gasteiger partial charge < -0.3 is 15.1 Å². The Hall–Kier alpha value is -3.00. The summed E-state index contributed by atoms with van der Waals surface area (Å²) in [5.74, 6) is -0.754. The summed E-state index contributed by atoms with van der Waals surface area (Å²) in [7, 11) is 1.55. The largest absolute Gasteiger partial charge is 0.508 e. The van der Waals surface area contributed by atoms with Crippen LogP contribution in [0.2, 0.25) is 0 Å². The lowest BCUT2D eigenvalue weighted by atomic mass is 10.1. The number of hydrogen-bond acceptors (Lipinski definition) is 4. The molecule has 0 fully saturated rings. The third kappa shape index (κ3) is 2.54. The molecule has 0 aliphatic heterocycles. The predicted octanol–water partition coefficient (Wildman–Crippen LogP) is 2.25. The summed E-state index contributed by atoms with van der Waals surface area (Å²) < 4.78 is 0. The van der Waals surface area contributed by atoms with Gasteiger partial charge in [-0.25, -0.2) is 0 Å². The van der Waals surface area contributed by atoms with Crippen LogP contribution >= 0.6 is 0 Å². The van der Waals surface area contributed by atoms with Crippen molar-refractivity contribution in [3.05, 3.63) is 53.6 Å². The monoisotopic (exact) mass is 268 g/mol. The Morgan fingerprint density at radius 2 is 1.80 bits per heavy atom. The molecule has 0 unspecified atom stereocenters. The Morgan fingerprint density at radius 3 is 2.40 bits per heavy atom. The summed E-state index contributed by atoms with van der Waals surface area (Å²) in [4.78, 5) is 13.6. The number of aromatic hydroxyl groups is 2. The van der Waals surface area contributed by atoms with Gasteiger partial charge in [0.2, 0.25) is 0 Å². The van der Waals surface area contributed by atoms with Crippen molar-refractivity contribution in [1.82, 2.24) is 0 Å². The van der Waals surface area contributed by atoms with Gasteiger partial charge in [-0.15, -0.1) is 0 Å². The van der Waals surface area contributed by atoms with Gasteiger partial charge in [0.15, 0.2) is 0 Å². The van der Waals surface area contributed by atoms with E-state index in [0.29, 0.717) is 11.3 Å². The molecule has 0 bridgehead atoms. The van der Waals surface area contributed by atoms with E-state index in [2.05, 4.69) is 0 Å². The highest BCUT2D eigenvalue weighted by Gasteiger charge is 2.17. The zero-order valence-corrected chi connectivity index (χ0v) is 10.7. The van der Waals surface area contributed by atoms with Crippen molar-refractivity contribution in [3.8, 4) is 17.6 Å². The second kappa shape index (κ2) is 5.33. The van der Waals surface area contributed by atoms with Gasteiger partial charge in [0.1, 0.15) is 11.5 Å². The number of amides is 1. The van der Waals surface area contributed by atoms with Gasteiger partial charge in [-0.1, -0.05) is 0 Å². The molecule has 0 saturated carbocycles. The standard InChI is InChI=1S/C15H12N2O3/c1-17(11-4-2-10(9-16)3-5-11)15(20)13-8-12(18)6-7-14(13)19/h2-8,18-19H,1H3. The second-order valence-corrected chi connectivity index (χ2v) is 4.22. The highest BCUT2D eigenvalue weighted by Crippen LogP contribution is 2.25. The first-order chi connectivity index (χ1) is 9.52. The van der Waals surface area contributed by atoms with E-state index in [0.717, 1.165) is 0 Å². The van der Waals surface area contributed by atoms with E-state index in [-0.39, 0.29) is 17.1 Å². The average Bonchev–Trinajstić information content (AvgIpc) is 2.48. The number of benzene rings is 2. The number of rotatable bonds is 2. The average molecular weight is 268 g/mol. The molecule has 100 valence electrons. The maximum Gasteiger partial charge on any atom is 0.261 e. The minimum absolute atomic E-state index is 0.0110. The van der Waals surface area contributed by atoms with Crippen molar-refractivity contribution in [2.75, 3.05) is 11.9 Å². The quantitative estimate of drug-likeness (QED) is 0.818. The summed E-state index contributed by atoms with van der Waals surface area (Å²) in [6.45, 7) is 0. The van der Waals surface area contributed by atoms with Crippen LogP contribution in [0.5, 0.6) is 11.5 Å². The summed E-state index contributed by atoms with van der Waals surface area (Å²) in [6.07, 6.45) is 0. The van der Waals surface area contributed by atoms with Crippen LogP contribution < -0.4 is 4.90 Å². The molecule has 0 heterocycles. The number of nitriles is 1. The van der Waals surface area contributed by atoms with E-state index in [1.165, 1.54) is 23.1 Å². The number of phenolic OH excluding ortho intramolecular Hbond substituents is 2. The van der Waals surface area contributed by atoms with Crippen molar-refractivity contribution < 1.29 is 15.0 Å². The van der Waals surface area contributed by atoms with Crippen LogP contribution in [-0.4, -0.2) is 23.2 Å². The van der Waals surface area contributed by atoms with Crippen molar-refractivity contribution in [3.63, 3.8) is 0 Å². The molecule has 5 nitrogen and oxygen atoms in total. The number of carbonyl (C=O) groups is 1. The maximum absolute atomic E-state index is 12.3. The molecule has 0 aliphatic rings. The van der Waals surface area contributed by atoms with Crippen LogP contribution in [0, 0.1) is 11.3 Å². The molecule has 2 N–H and O–H groups in total. The van der Waals surface area contributed by atoms with Gasteiger partial charge in [-0.3, -0.25) is 4.79 Å². The van der Waals surface area contributed by atoms with Gasteiger partial charge in [-0.2, -0.15) is 5.26 Å². The van der Waals surface area contributed by atoms with Crippen molar-refractivity contribution in [2.24, 2.45) is 0 Å². The number of nitrogens with zero attached hydrogens (tertiary/aromatic N) is 2. The lowest BCUT2D eigenvalue weighted by Crippen LogP contribution is -2.26. The Kier molecular flexibility index (Phi) is 3.58. The SMILES string of the molecule is CN(C(=O)c1cc(O)ccc1O)c1ccc(C#N)cc1. The zero-order chi connectivity index (χ0) is 14.7. The molecule has 0 aromatic heterocycles. The molecule has 1 amide bonds. The fourth-order valence-corrected chi connectivity index (χ4v) is 1.75. The van der Waals surface area contributed by atoms with Crippen LogP contribution in [0.4, 0.5) is 5.69 Å². The van der Waals surface area contributed by atoms with E-state index in [1.807, 2.05) is 6.07 Å². The lowest BCUT2D eigenvalue weighted by molar-refractivity contribution is 0.0990. The van der Waals surface area contributed by atoms with Crippen LogP contribution in [0.15, 0.2) is 42.5 Å². The molecule has 2 aromatic carbocycles. The van der Waals surface area contributed by atoms with Gasteiger partial charge in [0.25, 0.3) is 5.91 Å².